The summed E-state index contributed by atoms with van der Waals surface area (Å²) in [5.41, 5.74) is 0. The molecule has 1 atom stereocenters. The van der Waals surface area contributed by atoms with Crippen LogP contribution in [0.2, 0.25) is 12.1 Å². The van der Waals surface area contributed by atoms with E-state index < -0.39 is 0 Å². The second-order valence-electron chi connectivity index (χ2n) is 4.32. The Kier molecular flexibility index (Phi) is 7.15. The summed E-state index contributed by atoms with van der Waals surface area (Å²) in [5.74, 6) is -0.934. The molecular formula is C12H22O5Si. The zero-order chi connectivity index (χ0) is 13.4. The molecule has 0 radical (unpaired) electrons. The molecule has 1 fully saturated rings. The van der Waals surface area contributed by atoms with Gasteiger partial charge in [0.25, 0.3) is 0 Å². The Balaban J connectivity index is 2.13. The molecule has 104 valence electrons. The smallest absolute Gasteiger partial charge is 0.317 e. The molecular weight excluding hydrogens is 252 g/mol. The van der Waals surface area contributed by atoms with Gasteiger partial charge in [0.05, 0.1) is 12.3 Å². The summed E-state index contributed by atoms with van der Waals surface area (Å²) in [4.78, 5) is 22.1. The highest BCUT2D eigenvalue weighted by Gasteiger charge is 2.32. The predicted molar refractivity (Wildman–Crippen MR) is 69.0 cm³/mol. The molecule has 1 heterocycles. The third-order valence-corrected chi connectivity index (χ3v) is 4.70. The van der Waals surface area contributed by atoms with Crippen molar-refractivity contribution in [1.82, 2.24) is 0 Å². The summed E-state index contributed by atoms with van der Waals surface area (Å²) >= 11 is 0. The Morgan fingerprint density at radius 3 is 2.50 bits per heavy atom. The van der Waals surface area contributed by atoms with Crippen LogP contribution in [0.15, 0.2) is 0 Å². The Bertz CT molecular complexity index is 276. The van der Waals surface area contributed by atoms with Crippen LogP contribution in [-0.4, -0.2) is 41.0 Å². The second-order valence-corrected chi connectivity index (χ2v) is 6.31. The number of ether oxygens (including phenoxy) is 3. The standard InChI is InChI=1S/C12H22O5Si/c1-3-15-11(16-4-2)8-18-6-5-9-7-10(13)17-12(9)14/h9,11H,3-8,18H2,1-2H3. The first-order valence-corrected chi connectivity index (χ1v) is 8.65. The summed E-state index contributed by atoms with van der Waals surface area (Å²) in [5, 5.41) is 0. The molecule has 0 saturated carbocycles. The van der Waals surface area contributed by atoms with Crippen molar-refractivity contribution < 1.29 is 23.8 Å². The molecule has 18 heavy (non-hydrogen) atoms. The number of carbonyl (C=O) groups is 2. The van der Waals surface area contributed by atoms with Gasteiger partial charge < -0.3 is 14.2 Å². The Morgan fingerprint density at radius 2 is 2.00 bits per heavy atom. The lowest BCUT2D eigenvalue weighted by molar-refractivity contribution is -0.153. The van der Waals surface area contributed by atoms with Gasteiger partial charge in [-0.25, -0.2) is 0 Å². The maximum absolute atomic E-state index is 11.2. The molecule has 5 nitrogen and oxygen atoms in total. The average Bonchev–Trinajstić information content (AvgIpc) is 2.64. The van der Waals surface area contributed by atoms with Crippen LogP contribution in [0.4, 0.5) is 0 Å². The molecule has 1 aliphatic rings. The minimum absolute atomic E-state index is 0.0937. The molecule has 0 N–H and O–H groups in total. The summed E-state index contributed by atoms with van der Waals surface area (Å²) in [7, 11) is -0.319. The summed E-state index contributed by atoms with van der Waals surface area (Å²) < 4.78 is 15.4. The van der Waals surface area contributed by atoms with Crippen molar-refractivity contribution in [3.63, 3.8) is 0 Å². The summed E-state index contributed by atoms with van der Waals surface area (Å²) in [6.45, 7) is 5.21. The quantitative estimate of drug-likeness (QED) is 0.205. The van der Waals surface area contributed by atoms with E-state index in [0.29, 0.717) is 13.2 Å². The number of hydrogen-bond donors (Lipinski definition) is 0. The molecule has 1 unspecified atom stereocenters. The molecule has 0 aromatic heterocycles. The van der Waals surface area contributed by atoms with E-state index in [4.69, 9.17) is 9.47 Å². The fraction of sp³-hybridized carbons (Fsp3) is 0.833. The van der Waals surface area contributed by atoms with Crippen molar-refractivity contribution in [3.8, 4) is 0 Å². The normalized spacial score (nSPS) is 20.3. The van der Waals surface area contributed by atoms with E-state index in [1.807, 2.05) is 13.8 Å². The maximum Gasteiger partial charge on any atom is 0.317 e. The van der Waals surface area contributed by atoms with Gasteiger partial charge in [0.15, 0.2) is 6.29 Å². The zero-order valence-corrected chi connectivity index (χ0v) is 12.6. The molecule has 0 aromatic rings. The zero-order valence-electron chi connectivity index (χ0n) is 11.1. The van der Waals surface area contributed by atoms with Crippen molar-refractivity contribution in [2.75, 3.05) is 13.2 Å². The van der Waals surface area contributed by atoms with Crippen molar-refractivity contribution in [2.45, 2.75) is 45.1 Å². The lowest BCUT2D eigenvalue weighted by Crippen LogP contribution is -2.19. The van der Waals surface area contributed by atoms with Crippen molar-refractivity contribution in [3.05, 3.63) is 0 Å². The van der Waals surface area contributed by atoms with Gasteiger partial charge in [-0.1, -0.05) is 6.04 Å². The van der Waals surface area contributed by atoms with E-state index in [9.17, 15) is 9.59 Å². The van der Waals surface area contributed by atoms with Crippen LogP contribution >= 0.6 is 0 Å². The van der Waals surface area contributed by atoms with Crippen LogP contribution in [0.3, 0.4) is 0 Å². The van der Waals surface area contributed by atoms with Gasteiger partial charge in [-0.05, 0) is 26.3 Å². The van der Waals surface area contributed by atoms with Crippen molar-refractivity contribution >= 4 is 21.5 Å². The number of carbonyl (C=O) groups excluding carboxylic acids is 2. The van der Waals surface area contributed by atoms with E-state index in [-0.39, 0.29) is 40.1 Å². The number of rotatable bonds is 9. The SMILES string of the molecule is CCOC(C[SiH2]CCC1CC(=O)OC1=O)OCC. The molecule has 0 spiro atoms. The number of cyclic esters (lactones) is 2. The minimum atomic E-state index is -0.381. The largest absolute Gasteiger partial charge is 0.393 e. The fourth-order valence-corrected chi connectivity index (χ4v) is 3.77. The maximum atomic E-state index is 11.2. The highest BCUT2D eigenvalue weighted by Crippen LogP contribution is 2.21. The number of esters is 2. The van der Waals surface area contributed by atoms with Crippen molar-refractivity contribution in [1.29, 1.82) is 0 Å². The topological polar surface area (TPSA) is 61.8 Å². The molecule has 6 heteroatoms. The first-order chi connectivity index (χ1) is 8.67. The van der Waals surface area contributed by atoms with Crippen molar-refractivity contribution in [2.24, 2.45) is 5.92 Å². The molecule has 0 bridgehead atoms. The van der Waals surface area contributed by atoms with Crippen LogP contribution in [0.1, 0.15) is 26.7 Å². The highest BCUT2D eigenvalue weighted by atomic mass is 28.2. The first-order valence-electron chi connectivity index (χ1n) is 6.65. The molecule has 1 rings (SSSR count). The molecule has 1 saturated heterocycles. The monoisotopic (exact) mass is 274 g/mol. The van der Waals surface area contributed by atoms with Crippen LogP contribution in [0.25, 0.3) is 0 Å². The number of hydrogen-bond acceptors (Lipinski definition) is 5. The fourth-order valence-electron chi connectivity index (χ4n) is 2.03. The van der Waals surface area contributed by atoms with E-state index in [2.05, 4.69) is 4.74 Å². The van der Waals surface area contributed by atoms with Gasteiger partial charge in [-0.3, -0.25) is 9.59 Å². The van der Waals surface area contributed by atoms with Crippen LogP contribution in [0.5, 0.6) is 0 Å². The Hall–Kier alpha value is -0.723. The summed E-state index contributed by atoms with van der Waals surface area (Å²) in [6, 6.07) is 1.97. The third kappa shape index (κ3) is 5.28. The van der Waals surface area contributed by atoms with Crippen LogP contribution < -0.4 is 0 Å². The van der Waals surface area contributed by atoms with Gasteiger partial charge in [0.1, 0.15) is 0 Å². The van der Waals surface area contributed by atoms with Gasteiger partial charge in [0, 0.05) is 22.7 Å². The van der Waals surface area contributed by atoms with Crippen LogP contribution in [-0.2, 0) is 23.8 Å². The first kappa shape index (κ1) is 15.3. The average molecular weight is 274 g/mol. The lowest BCUT2D eigenvalue weighted by atomic mass is 10.1. The third-order valence-electron chi connectivity index (χ3n) is 2.91. The molecule has 1 aliphatic heterocycles. The van der Waals surface area contributed by atoms with E-state index >= 15 is 0 Å². The highest BCUT2D eigenvalue weighted by molar-refractivity contribution is 6.35. The molecule has 0 aliphatic carbocycles. The van der Waals surface area contributed by atoms with Gasteiger partial charge in [-0.2, -0.15) is 0 Å². The van der Waals surface area contributed by atoms with E-state index in [0.717, 1.165) is 18.5 Å². The van der Waals surface area contributed by atoms with Gasteiger partial charge in [-0.15, -0.1) is 0 Å². The van der Waals surface area contributed by atoms with Crippen LogP contribution in [0, 0.1) is 5.92 Å². The second kappa shape index (κ2) is 8.39. The lowest BCUT2D eigenvalue weighted by Gasteiger charge is -2.16. The molecule has 0 aromatic carbocycles. The van der Waals surface area contributed by atoms with Gasteiger partial charge in [0.2, 0.25) is 0 Å². The summed E-state index contributed by atoms with van der Waals surface area (Å²) in [6.07, 6.45) is 0.929. The van der Waals surface area contributed by atoms with E-state index in [1.54, 1.807) is 0 Å². The van der Waals surface area contributed by atoms with Gasteiger partial charge >= 0.3 is 11.9 Å². The molecule has 0 amide bonds. The predicted octanol–water partition coefficient (Wildman–Crippen LogP) is 0.871. The Labute approximate surface area is 110 Å². The van der Waals surface area contributed by atoms with E-state index in [1.165, 1.54) is 0 Å². The minimum Gasteiger partial charge on any atom is -0.393 e. The Morgan fingerprint density at radius 1 is 1.33 bits per heavy atom.